The number of carbonyl (C=O) groups is 1. The number of benzene rings is 1. The molecule has 1 aromatic carbocycles. The topological polar surface area (TPSA) is 54.9 Å². The second-order valence-corrected chi connectivity index (χ2v) is 7.25. The number of thioether (sulfide) groups is 1. The van der Waals surface area contributed by atoms with Gasteiger partial charge in [0.1, 0.15) is 0 Å². The van der Waals surface area contributed by atoms with E-state index in [1.165, 1.54) is 16.9 Å². The average molecular weight is 321 g/mol. The molecule has 21 heavy (non-hydrogen) atoms. The van der Waals surface area contributed by atoms with Gasteiger partial charge in [-0.3, -0.25) is 10.1 Å². The van der Waals surface area contributed by atoms with E-state index in [0.717, 1.165) is 27.6 Å². The maximum Gasteiger partial charge on any atom is 0.257 e. The molecule has 0 saturated heterocycles. The highest BCUT2D eigenvalue weighted by Gasteiger charge is 2.13. The van der Waals surface area contributed by atoms with Gasteiger partial charge in [0.15, 0.2) is 4.34 Å². The maximum atomic E-state index is 12.3. The number of nitrogens with zero attached hydrogens (tertiary/aromatic N) is 2. The second kappa shape index (κ2) is 7.04. The molecule has 1 amide bonds. The summed E-state index contributed by atoms with van der Waals surface area (Å²) in [6.45, 7) is 8.13. The molecular weight excluding hydrogens is 302 g/mol. The number of nitrogens with one attached hydrogen (secondary N) is 1. The van der Waals surface area contributed by atoms with Gasteiger partial charge in [0.2, 0.25) is 5.13 Å². The lowest BCUT2D eigenvalue weighted by molar-refractivity contribution is 0.102. The van der Waals surface area contributed by atoms with Crippen LogP contribution in [0.15, 0.2) is 16.5 Å². The van der Waals surface area contributed by atoms with Gasteiger partial charge in [0.05, 0.1) is 0 Å². The van der Waals surface area contributed by atoms with E-state index in [1.54, 1.807) is 11.8 Å². The summed E-state index contributed by atoms with van der Waals surface area (Å²) in [5, 5.41) is 11.5. The lowest BCUT2D eigenvalue weighted by atomic mass is 10.0. The van der Waals surface area contributed by atoms with Gasteiger partial charge < -0.3 is 0 Å². The van der Waals surface area contributed by atoms with Crippen LogP contribution in [-0.2, 0) is 0 Å². The van der Waals surface area contributed by atoms with Crippen LogP contribution >= 0.6 is 23.1 Å². The summed E-state index contributed by atoms with van der Waals surface area (Å²) in [4.78, 5) is 12.3. The quantitative estimate of drug-likeness (QED) is 0.662. The molecule has 0 fully saturated rings. The summed E-state index contributed by atoms with van der Waals surface area (Å²) >= 11 is 3.08. The molecule has 1 heterocycles. The summed E-state index contributed by atoms with van der Waals surface area (Å²) in [5.41, 5.74) is 3.97. The molecule has 0 saturated carbocycles. The van der Waals surface area contributed by atoms with Crippen molar-refractivity contribution in [2.75, 3.05) is 11.1 Å². The fourth-order valence-corrected chi connectivity index (χ4v) is 3.55. The van der Waals surface area contributed by atoms with Gasteiger partial charge in [-0.1, -0.05) is 36.1 Å². The van der Waals surface area contributed by atoms with Gasteiger partial charge in [-0.2, -0.15) is 0 Å². The zero-order valence-electron chi connectivity index (χ0n) is 12.7. The summed E-state index contributed by atoms with van der Waals surface area (Å²) < 4.78 is 0.893. The van der Waals surface area contributed by atoms with Gasteiger partial charge >= 0.3 is 0 Å². The van der Waals surface area contributed by atoms with Gasteiger partial charge in [-0.25, -0.2) is 0 Å². The highest BCUT2D eigenvalue weighted by Crippen LogP contribution is 2.26. The Hall–Kier alpha value is -1.40. The van der Waals surface area contributed by atoms with Crippen molar-refractivity contribution in [2.45, 2.75) is 38.5 Å². The van der Waals surface area contributed by atoms with Crippen LogP contribution < -0.4 is 5.32 Å². The fraction of sp³-hybridized carbons (Fsp3) is 0.400. The van der Waals surface area contributed by atoms with Gasteiger partial charge in [-0.15, -0.1) is 10.2 Å². The molecule has 0 radical (unpaired) electrons. The van der Waals surface area contributed by atoms with Crippen LogP contribution in [0, 0.1) is 20.8 Å². The number of hydrogen-bond donors (Lipinski definition) is 1. The first-order chi connectivity index (χ1) is 10.0. The molecule has 6 heteroatoms. The van der Waals surface area contributed by atoms with E-state index in [4.69, 9.17) is 0 Å². The van der Waals surface area contributed by atoms with Crippen molar-refractivity contribution < 1.29 is 4.79 Å². The van der Waals surface area contributed by atoms with E-state index in [1.807, 2.05) is 32.9 Å². The monoisotopic (exact) mass is 321 g/mol. The van der Waals surface area contributed by atoms with Crippen LogP contribution in [0.25, 0.3) is 0 Å². The highest BCUT2D eigenvalue weighted by atomic mass is 32.2. The maximum absolute atomic E-state index is 12.3. The molecule has 2 aromatic rings. The molecule has 0 aliphatic carbocycles. The van der Waals surface area contributed by atoms with Crippen LogP contribution in [0.3, 0.4) is 0 Å². The molecule has 4 nitrogen and oxygen atoms in total. The Morgan fingerprint density at radius 2 is 1.90 bits per heavy atom. The van der Waals surface area contributed by atoms with Crippen molar-refractivity contribution in [1.29, 1.82) is 0 Å². The standard InChI is InChI=1S/C15H19N3OS2/c1-5-6-20-15-18-17-14(21-15)16-13(19)12-8-10(3)9(2)7-11(12)4/h7-8H,5-6H2,1-4H3,(H,16,17,19). The predicted molar refractivity (Wildman–Crippen MR) is 89.5 cm³/mol. The largest absolute Gasteiger partial charge is 0.296 e. The SMILES string of the molecule is CCCSc1nnc(NC(=O)c2cc(C)c(C)cc2C)s1. The van der Waals surface area contributed by atoms with E-state index in [-0.39, 0.29) is 5.91 Å². The van der Waals surface area contributed by atoms with Crippen LogP contribution in [0.4, 0.5) is 5.13 Å². The van der Waals surface area contributed by atoms with Crippen LogP contribution in [0.1, 0.15) is 40.4 Å². The van der Waals surface area contributed by atoms with Crippen LogP contribution in [0.2, 0.25) is 0 Å². The van der Waals surface area contributed by atoms with Crippen molar-refractivity contribution in [3.63, 3.8) is 0 Å². The third-order valence-electron chi connectivity index (χ3n) is 3.14. The van der Waals surface area contributed by atoms with Crippen molar-refractivity contribution in [2.24, 2.45) is 0 Å². The van der Waals surface area contributed by atoms with E-state index in [2.05, 4.69) is 22.4 Å². The molecule has 112 valence electrons. The number of carbonyl (C=O) groups excluding carboxylic acids is 1. The summed E-state index contributed by atoms with van der Waals surface area (Å²) in [5.74, 6) is 0.887. The Balaban J connectivity index is 2.11. The third-order valence-corrected chi connectivity index (χ3v) is 5.32. The first kappa shape index (κ1) is 16.0. The van der Waals surface area contributed by atoms with E-state index in [0.29, 0.717) is 10.7 Å². The van der Waals surface area contributed by atoms with Crippen molar-refractivity contribution in [3.05, 3.63) is 34.4 Å². The molecule has 1 N–H and O–H groups in total. The van der Waals surface area contributed by atoms with Crippen molar-refractivity contribution >= 4 is 34.1 Å². The molecule has 2 rings (SSSR count). The Kier molecular flexibility index (Phi) is 5.36. The molecule has 1 aromatic heterocycles. The lowest BCUT2D eigenvalue weighted by Gasteiger charge is -2.08. The van der Waals surface area contributed by atoms with Crippen LogP contribution in [-0.4, -0.2) is 21.9 Å². The van der Waals surface area contributed by atoms with Crippen molar-refractivity contribution in [1.82, 2.24) is 10.2 Å². The highest BCUT2D eigenvalue weighted by molar-refractivity contribution is 8.01. The molecular formula is C15H19N3OS2. The fourth-order valence-electron chi connectivity index (χ4n) is 1.88. The summed E-state index contributed by atoms with van der Waals surface area (Å²) in [6.07, 6.45) is 1.09. The van der Waals surface area contributed by atoms with E-state index in [9.17, 15) is 4.79 Å². The first-order valence-corrected chi connectivity index (χ1v) is 8.67. The minimum Gasteiger partial charge on any atom is -0.296 e. The number of aryl methyl sites for hydroxylation is 3. The number of anilines is 1. The lowest BCUT2D eigenvalue weighted by Crippen LogP contribution is -2.13. The van der Waals surface area contributed by atoms with Gasteiger partial charge in [0, 0.05) is 11.3 Å². The Morgan fingerprint density at radius 3 is 2.62 bits per heavy atom. The Morgan fingerprint density at radius 1 is 1.19 bits per heavy atom. The third kappa shape index (κ3) is 4.04. The summed E-state index contributed by atoms with van der Waals surface area (Å²) in [6, 6.07) is 3.96. The smallest absolute Gasteiger partial charge is 0.257 e. The Bertz CT molecular complexity index is 652. The number of aromatic nitrogens is 2. The van der Waals surface area contributed by atoms with E-state index < -0.39 is 0 Å². The number of rotatable bonds is 5. The average Bonchev–Trinajstić information content (AvgIpc) is 2.88. The molecule has 0 aliphatic rings. The molecule has 0 atom stereocenters. The minimum absolute atomic E-state index is 0.126. The van der Waals surface area contributed by atoms with E-state index >= 15 is 0 Å². The number of hydrogen-bond acceptors (Lipinski definition) is 5. The predicted octanol–water partition coefficient (Wildman–Crippen LogP) is 4.22. The summed E-state index contributed by atoms with van der Waals surface area (Å²) in [7, 11) is 0. The number of amides is 1. The Labute approximate surface area is 133 Å². The minimum atomic E-state index is -0.126. The molecule has 0 aliphatic heterocycles. The zero-order valence-corrected chi connectivity index (χ0v) is 14.3. The first-order valence-electron chi connectivity index (χ1n) is 6.86. The van der Waals surface area contributed by atoms with Crippen molar-refractivity contribution in [3.8, 4) is 0 Å². The molecule has 0 bridgehead atoms. The second-order valence-electron chi connectivity index (χ2n) is 4.93. The zero-order chi connectivity index (χ0) is 15.4. The van der Waals surface area contributed by atoms with Crippen LogP contribution in [0.5, 0.6) is 0 Å². The normalized spacial score (nSPS) is 10.7. The molecule has 0 unspecified atom stereocenters. The molecule has 0 spiro atoms. The van der Waals surface area contributed by atoms with Gasteiger partial charge in [0.25, 0.3) is 5.91 Å². The van der Waals surface area contributed by atoms with Gasteiger partial charge in [-0.05, 0) is 49.9 Å².